The molecule has 2 amide bonds. The maximum absolute atomic E-state index is 11.7. The highest BCUT2D eigenvalue weighted by Crippen LogP contribution is 2.12. The van der Waals surface area contributed by atoms with E-state index in [4.69, 9.17) is 5.11 Å². The Morgan fingerprint density at radius 1 is 1.29 bits per heavy atom. The van der Waals surface area contributed by atoms with Crippen molar-refractivity contribution in [3.8, 4) is 0 Å². The van der Waals surface area contributed by atoms with Crippen LogP contribution >= 0.6 is 0 Å². The number of aliphatic carboxylic acids is 1. The summed E-state index contributed by atoms with van der Waals surface area (Å²) in [7, 11) is 1.20. The minimum Gasteiger partial charge on any atom is -0.480 e. The Kier molecular flexibility index (Phi) is 5.43. The zero-order chi connectivity index (χ0) is 13.6. The highest BCUT2D eigenvalue weighted by atomic mass is 16.5. The molecule has 0 fully saturated rings. The van der Waals surface area contributed by atoms with Crippen LogP contribution in [-0.2, 0) is 14.3 Å². The largest absolute Gasteiger partial charge is 0.480 e. The van der Waals surface area contributed by atoms with Crippen molar-refractivity contribution in [1.82, 2.24) is 10.2 Å². The van der Waals surface area contributed by atoms with Gasteiger partial charge in [0.15, 0.2) is 0 Å². The fourth-order valence-corrected chi connectivity index (χ4v) is 1.06. The van der Waals surface area contributed by atoms with Crippen LogP contribution in [0.3, 0.4) is 0 Å². The molecule has 98 valence electrons. The average molecular weight is 246 g/mol. The molecule has 0 aliphatic carbocycles. The molecule has 0 aromatic heterocycles. The molecule has 0 radical (unpaired) electrons. The summed E-state index contributed by atoms with van der Waals surface area (Å²) in [6, 6.07) is -0.620. The highest BCUT2D eigenvalue weighted by Gasteiger charge is 2.28. The third kappa shape index (κ3) is 5.74. The summed E-state index contributed by atoms with van der Waals surface area (Å²) in [5.74, 6) is -1.71. The first kappa shape index (κ1) is 15.2. The smallest absolute Gasteiger partial charge is 0.325 e. The van der Waals surface area contributed by atoms with Crippen molar-refractivity contribution in [2.45, 2.75) is 26.3 Å². The lowest BCUT2D eigenvalue weighted by molar-refractivity contribution is -0.139. The summed E-state index contributed by atoms with van der Waals surface area (Å²) in [5, 5.41) is 11.0. The molecule has 0 heterocycles. The quantitative estimate of drug-likeness (QED) is 0.683. The Balaban J connectivity index is 4.54. The molecule has 17 heavy (non-hydrogen) atoms. The zero-order valence-corrected chi connectivity index (χ0v) is 10.4. The Morgan fingerprint density at radius 3 is 2.18 bits per heavy atom. The topological polar surface area (TPSA) is 95.9 Å². The number of urea groups is 1. The summed E-state index contributed by atoms with van der Waals surface area (Å²) in [4.78, 5) is 34.3. The number of carbonyl (C=O) groups is 3. The second kappa shape index (κ2) is 6.07. The molecule has 0 aromatic rings. The van der Waals surface area contributed by atoms with Gasteiger partial charge in [-0.05, 0) is 20.8 Å². The van der Waals surface area contributed by atoms with E-state index in [0.29, 0.717) is 0 Å². The van der Waals surface area contributed by atoms with Crippen molar-refractivity contribution in [1.29, 1.82) is 0 Å². The zero-order valence-electron chi connectivity index (χ0n) is 10.4. The van der Waals surface area contributed by atoms with Crippen LogP contribution in [0.5, 0.6) is 0 Å². The van der Waals surface area contributed by atoms with Gasteiger partial charge < -0.3 is 20.1 Å². The normalized spacial score (nSPS) is 10.6. The second-order valence-electron chi connectivity index (χ2n) is 4.39. The molecule has 0 aliphatic rings. The van der Waals surface area contributed by atoms with Crippen LogP contribution < -0.4 is 5.32 Å². The third-order valence-electron chi connectivity index (χ3n) is 1.96. The summed E-state index contributed by atoms with van der Waals surface area (Å²) in [6.07, 6.45) is 0. The summed E-state index contributed by atoms with van der Waals surface area (Å²) in [6.45, 7) is 4.38. The monoisotopic (exact) mass is 246 g/mol. The van der Waals surface area contributed by atoms with E-state index in [1.807, 2.05) is 0 Å². The Morgan fingerprint density at radius 2 is 1.82 bits per heavy atom. The first-order valence-electron chi connectivity index (χ1n) is 5.02. The van der Waals surface area contributed by atoms with Gasteiger partial charge in [-0.3, -0.25) is 9.59 Å². The van der Waals surface area contributed by atoms with Gasteiger partial charge in [-0.2, -0.15) is 0 Å². The molecule has 0 spiro atoms. The van der Waals surface area contributed by atoms with Gasteiger partial charge in [0, 0.05) is 5.54 Å². The molecule has 0 saturated heterocycles. The van der Waals surface area contributed by atoms with Crippen molar-refractivity contribution in [3.05, 3.63) is 0 Å². The fourth-order valence-electron chi connectivity index (χ4n) is 1.06. The summed E-state index contributed by atoms with van der Waals surface area (Å²) >= 11 is 0. The maximum atomic E-state index is 11.7. The minimum atomic E-state index is -1.12. The first-order valence-corrected chi connectivity index (χ1v) is 5.02. The summed E-state index contributed by atoms with van der Waals surface area (Å²) < 4.78 is 4.36. The number of ether oxygens (including phenoxy) is 1. The van der Waals surface area contributed by atoms with Crippen molar-refractivity contribution in [2.24, 2.45) is 0 Å². The van der Waals surface area contributed by atoms with E-state index in [0.717, 1.165) is 4.90 Å². The van der Waals surface area contributed by atoms with E-state index in [9.17, 15) is 14.4 Å². The lowest BCUT2D eigenvalue weighted by atomic mass is 10.1. The number of nitrogens with one attached hydrogen (secondary N) is 1. The van der Waals surface area contributed by atoms with Crippen molar-refractivity contribution < 1.29 is 24.2 Å². The third-order valence-corrected chi connectivity index (χ3v) is 1.96. The molecule has 7 heteroatoms. The van der Waals surface area contributed by atoms with Gasteiger partial charge >= 0.3 is 18.0 Å². The predicted molar refractivity (Wildman–Crippen MR) is 59.5 cm³/mol. The molecule has 7 nitrogen and oxygen atoms in total. The molecule has 0 saturated carbocycles. The van der Waals surface area contributed by atoms with Crippen LogP contribution in [0.2, 0.25) is 0 Å². The van der Waals surface area contributed by atoms with Gasteiger partial charge in [-0.15, -0.1) is 0 Å². The minimum absolute atomic E-state index is 0.290. The number of carboxylic acids is 1. The average Bonchev–Trinajstić information content (AvgIpc) is 2.20. The summed E-state index contributed by atoms with van der Waals surface area (Å²) in [5.41, 5.74) is -0.654. The molecule has 0 aliphatic heterocycles. The molecule has 2 N–H and O–H groups in total. The van der Waals surface area contributed by atoms with E-state index in [2.05, 4.69) is 10.1 Å². The fraction of sp³-hybridized carbons (Fsp3) is 0.700. The number of esters is 1. The van der Waals surface area contributed by atoms with Crippen LogP contribution in [0.1, 0.15) is 20.8 Å². The molecule has 0 rings (SSSR count). The van der Waals surface area contributed by atoms with Gasteiger partial charge in [-0.25, -0.2) is 4.79 Å². The molecular formula is C10H18N2O5. The Bertz CT molecular complexity index is 308. The second-order valence-corrected chi connectivity index (χ2v) is 4.39. The molecule has 0 aromatic carbocycles. The number of amides is 2. The number of carboxylic acid groups (broad SMARTS) is 1. The Hall–Kier alpha value is -1.79. The van der Waals surface area contributed by atoms with Gasteiger partial charge in [0.05, 0.1) is 7.11 Å². The van der Waals surface area contributed by atoms with E-state index in [-0.39, 0.29) is 6.54 Å². The number of methoxy groups -OCH3 is 1. The predicted octanol–water partition coefficient (Wildman–Crippen LogP) is 0.0541. The van der Waals surface area contributed by atoms with Crippen molar-refractivity contribution >= 4 is 18.0 Å². The lowest BCUT2D eigenvalue weighted by Gasteiger charge is -2.34. The molecular weight excluding hydrogens is 228 g/mol. The maximum Gasteiger partial charge on any atom is 0.325 e. The lowest BCUT2D eigenvalue weighted by Crippen LogP contribution is -2.53. The van der Waals surface area contributed by atoms with Gasteiger partial charge in [0.2, 0.25) is 0 Å². The number of rotatable bonds is 4. The van der Waals surface area contributed by atoms with Crippen LogP contribution in [0.25, 0.3) is 0 Å². The van der Waals surface area contributed by atoms with Crippen molar-refractivity contribution in [2.75, 3.05) is 20.2 Å². The van der Waals surface area contributed by atoms with E-state index >= 15 is 0 Å². The van der Waals surface area contributed by atoms with Crippen molar-refractivity contribution in [3.63, 3.8) is 0 Å². The molecule has 0 bridgehead atoms. The molecule has 0 atom stereocenters. The van der Waals surface area contributed by atoms with E-state index < -0.39 is 30.1 Å². The van der Waals surface area contributed by atoms with Gasteiger partial charge in [0.1, 0.15) is 13.1 Å². The number of hydrogen-bond acceptors (Lipinski definition) is 4. The standard InChI is InChI=1S/C10H18N2O5/c1-10(2,3)12(6-7(13)14)9(16)11-5-8(15)17-4/h5-6H2,1-4H3,(H,11,16)(H,13,14). The van der Waals surface area contributed by atoms with Crippen LogP contribution in [-0.4, -0.2) is 53.7 Å². The van der Waals surface area contributed by atoms with Crippen LogP contribution in [0.4, 0.5) is 4.79 Å². The van der Waals surface area contributed by atoms with Gasteiger partial charge in [0.25, 0.3) is 0 Å². The number of nitrogens with zero attached hydrogens (tertiary/aromatic N) is 1. The van der Waals surface area contributed by atoms with Crippen LogP contribution in [0, 0.1) is 0 Å². The van der Waals surface area contributed by atoms with E-state index in [1.165, 1.54) is 7.11 Å². The highest BCUT2D eigenvalue weighted by molar-refractivity contribution is 5.84. The number of hydrogen-bond donors (Lipinski definition) is 2. The van der Waals surface area contributed by atoms with E-state index in [1.54, 1.807) is 20.8 Å². The SMILES string of the molecule is COC(=O)CNC(=O)N(CC(=O)O)C(C)(C)C. The number of carbonyl (C=O) groups excluding carboxylic acids is 2. The first-order chi connectivity index (χ1) is 7.68. The van der Waals surface area contributed by atoms with Crippen LogP contribution in [0.15, 0.2) is 0 Å². The van der Waals surface area contributed by atoms with Gasteiger partial charge in [-0.1, -0.05) is 0 Å². The Labute approximate surface area is 99.7 Å². The molecule has 0 unspecified atom stereocenters.